The number of thioether (sulfide) groups is 1. The summed E-state index contributed by atoms with van der Waals surface area (Å²) in [5, 5.41) is 0. The number of nitrogens with zero attached hydrogens (tertiary/aromatic N) is 1. The smallest absolute Gasteiger partial charge is 0.249 e. The number of rotatable bonds is 3. The van der Waals surface area contributed by atoms with Crippen LogP contribution in [-0.4, -0.2) is 12.3 Å². The quantitative estimate of drug-likeness (QED) is 0.280. The van der Waals surface area contributed by atoms with Crippen LogP contribution in [0, 0.1) is 11.8 Å². The first kappa shape index (κ1) is 26.5. The van der Waals surface area contributed by atoms with E-state index in [1.807, 2.05) is 11.8 Å². The Kier molecular flexibility index (Phi) is 6.35. The van der Waals surface area contributed by atoms with Crippen LogP contribution >= 0.6 is 11.8 Å². The Bertz CT molecular complexity index is 1510. The zero-order valence-corrected chi connectivity index (χ0v) is 26.1. The summed E-state index contributed by atoms with van der Waals surface area (Å²) in [6.45, 7) is 14.8. The first-order valence-corrected chi connectivity index (χ1v) is 16.5. The van der Waals surface area contributed by atoms with Gasteiger partial charge < -0.3 is 4.90 Å². The van der Waals surface area contributed by atoms with Crippen molar-refractivity contribution in [2.45, 2.75) is 102 Å². The molecule has 0 bridgehead atoms. The van der Waals surface area contributed by atoms with E-state index in [9.17, 15) is 0 Å². The van der Waals surface area contributed by atoms with Gasteiger partial charge in [-0.2, -0.15) is 0 Å². The Balaban J connectivity index is 1.48. The Morgan fingerprint density at radius 1 is 1.00 bits per heavy atom. The van der Waals surface area contributed by atoms with E-state index in [4.69, 9.17) is 0 Å². The summed E-state index contributed by atoms with van der Waals surface area (Å²) >= 11 is 2.01. The molecule has 40 heavy (non-hydrogen) atoms. The summed E-state index contributed by atoms with van der Waals surface area (Å²) in [6.07, 6.45) is 16.2. The molecule has 206 valence electrons. The largest absolute Gasteiger partial charge is 0.339 e. The monoisotopic (exact) mass is 545 g/mol. The fourth-order valence-corrected chi connectivity index (χ4v) is 10.7. The normalized spacial score (nSPS) is 32.0. The molecule has 0 amide bonds. The first-order chi connectivity index (χ1) is 19.3. The second kappa shape index (κ2) is 9.58. The molecule has 0 saturated heterocycles. The van der Waals surface area contributed by atoms with Gasteiger partial charge in [0.25, 0.3) is 0 Å². The lowest BCUT2D eigenvalue weighted by atomic mass is 9.34. The lowest BCUT2D eigenvalue weighted by Crippen LogP contribution is -2.62. The van der Waals surface area contributed by atoms with Gasteiger partial charge in [0, 0.05) is 26.6 Å². The molecule has 3 heteroatoms. The Morgan fingerprint density at radius 2 is 1.73 bits per heavy atom. The predicted molar refractivity (Wildman–Crippen MR) is 175 cm³/mol. The van der Waals surface area contributed by atoms with Gasteiger partial charge in [-0.15, -0.1) is 0 Å². The molecule has 5 aliphatic rings. The van der Waals surface area contributed by atoms with Crippen LogP contribution < -0.4 is 15.8 Å². The molecular formula is C37H44BNS. The number of fused-ring (bicyclic) bond motifs is 8. The van der Waals surface area contributed by atoms with E-state index in [0.29, 0.717) is 6.71 Å². The van der Waals surface area contributed by atoms with E-state index < -0.39 is 0 Å². The first-order valence-electron chi connectivity index (χ1n) is 15.7. The molecule has 0 N–H and O–H groups in total. The van der Waals surface area contributed by atoms with Crippen molar-refractivity contribution >= 4 is 35.1 Å². The molecule has 4 atom stereocenters. The molecule has 2 aromatic carbocycles. The van der Waals surface area contributed by atoms with Crippen LogP contribution in [0.1, 0.15) is 92.1 Å². The lowest BCUT2D eigenvalue weighted by molar-refractivity contribution is 0.0563. The molecule has 0 aromatic heterocycles. The third kappa shape index (κ3) is 3.55. The zero-order chi connectivity index (χ0) is 27.8. The van der Waals surface area contributed by atoms with Gasteiger partial charge in [-0.3, -0.25) is 0 Å². The third-order valence-corrected chi connectivity index (χ3v) is 13.0. The number of hydrogen-bond donors (Lipinski definition) is 0. The van der Waals surface area contributed by atoms with Gasteiger partial charge >= 0.3 is 0 Å². The number of hydrogen-bond acceptors (Lipinski definition) is 2. The van der Waals surface area contributed by atoms with E-state index in [1.54, 1.807) is 16.7 Å². The van der Waals surface area contributed by atoms with Crippen LogP contribution in [-0.2, 0) is 5.41 Å². The highest BCUT2D eigenvalue weighted by molar-refractivity contribution is 8.04. The van der Waals surface area contributed by atoms with Gasteiger partial charge in [-0.05, 0) is 93.9 Å². The average molecular weight is 546 g/mol. The number of benzene rings is 2. The SMILES string of the molecule is C/C=C\C/C=C(C)/C(C)=C1\Sc2ccccc2B2C1=C(C)N1c3c2cccc3C2(C)CC3CCCCC3CC12C. The molecule has 2 aromatic rings. The molecule has 2 saturated carbocycles. The topological polar surface area (TPSA) is 3.24 Å². The van der Waals surface area contributed by atoms with Crippen LogP contribution in [0.25, 0.3) is 0 Å². The van der Waals surface area contributed by atoms with Gasteiger partial charge in [-0.1, -0.05) is 110 Å². The number of allylic oxidation sites excluding steroid dienone is 7. The van der Waals surface area contributed by atoms with Gasteiger partial charge in [0.15, 0.2) is 0 Å². The highest BCUT2D eigenvalue weighted by atomic mass is 32.2. The van der Waals surface area contributed by atoms with Crippen LogP contribution in [0.15, 0.2) is 92.8 Å². The van der Waals surface area contributed by atoms with Crippen molar-refractivity contribution in [1.29, 1.82) is 0 Å². The van der Waals surface area contributed by atoms with Gasteiger partial charge in [0.1, 0.15) is 0 Å². The van der Waals surface area contributed by atoms with Crippen LogP contribution in [0.4, 0.5) is 5.69 Å². The fraction of sp³-hybridized carbons (Fsp3) is 0.459. The maximum Gasteiger partial charge on any atom is 0.249 e. The van der Waals surface area contributed by atoms with Gasteiger partial charge in [-0.25, -0.2) is 0 Å². The highest BCUT2D eigenvalue weighted by Gasteiger charge is 2.63. The van der Waals surface area contributed by atoms with E-state index >= 15 is 0 Å². The number of para-hydroxylation sites is 1. The van der Waals surface area contributed by atoms with Gasteiger partial charge in [0.05, 0.1) is 5.54 Å². The second-order valence-corrected chi connectivity index (χ2v) is 14.7. The molecule has 0 radical (unpaired) electrons. The van der Waals surface area contributed by atoms with Crippen molar-refractivity contribution in [3.8, 4) is 0 Å². The van der Waals surface area contributed by atoms with E-state index in [2.05, 4.69) is 107 Å². The standard InChI is InChI=1S/C37H44BNS/c1-7-8-9-15-24(2)25(3)35-33-26(4)39-34-29(36(5)22-27-16-10-11-17-28(27)23-37(36,39)6)18-14-20-31(34)38(33)30-19-12-13-21-32(30)40-35/h7-8,12-15,18-21,27-28H,9-11,16-17,22-23H2,1-6H3/b8-7-,24-15+,35-25-. The fourth-order valence-electron chi connectivity index (χ4n) is 9.39. The second-order valence-electron chi connectivity index (χ2n) is 13.6. The van der Waals surface area contributed by atoms with Crippen LogP contribution in [0.3, 0.4) is 0 Å². The van der Waals surface area contributed by atoms with Crippen molar-refractivity contribution in [2.24, 2.45) is 11.8 Å². The molecular weight excluding hydrogens is 501 g/mol. The Labute approximate surface area is 247 Å². The van der Waals surface area contributed by atoms with E-state index in [-0.39, 0.29) is 11.0 Å². The summed E-state index contributed by atoms with van der Waals surface area (Å²) in [5.74, 6) is 1.76. The summed E-state index contributed by atoms with van der Waals surface area (Å²) in [6, 6.07) is 16.6. The molecule has 3 aliphatic heterocycles. The lowest BCUT2D eigenvalue weighted by Gasteiger charge is -2.57. The van der Waals surface area contributed by atoms with Crippen molar-refractivity contribution < 1.29 is 0 Å². The Hall–Kier alpha value is -2.39. The average Bonchev–Trinajstić information content (AvgIpc) is 3.16. The van der Waals surface area contributed by atoms with Crippen molar-refractivity contribution in [2.75, 3.05) is 4.90 Å². The zero-order valence-electron chi connectivity index (χ0n) is 25.3. The highest BCUT2D eigenvalue weighted by Crippen LogP contribution is 2.64. The maximum atomic E-state index is 2.88. The van der Waals surface area contributed by atoms with Crippen molar-refractivity contribution in [3.63, 3.8) is 0 Å². The van der Waals surface area contributed by atoms with Crippen LogP contribution in [0.5, 0.6) is 0 Å². The summed E-state index contributed by atoms with van der Waals surface area (Å²) < 4.78 is 0. The van der Waals surface area contributed by atoms with Crippen LogP contribution in [0.2, 0.25) is 0 Å². The van der Waals surface area contributed by atoms with E-state index in [0.717, 1.165) is 18.3 Å². The molecule has 4 unspecified atom stereocenters. The minimum atomic E-state index is 0.115. The summed E-state index contributed by atoms with van der Waals surface area (Å²) in [5.41, 5.74) is 12.4. The summed E-state index contributed by atoms with van der Waals surface area (Å²) in [7, 11) is 0. The minimum Gasteiger partial charge on any atom is -0.339 e. The van der Waals surface area contributed by atoms with Crippen molar-refractivity contribution in [1.82, 2.24) is 0 Å². The van der Waals surface area contributed by atoms with Gasteiger partial charge in [0.2, 0.25) is 6.71 Å². The maximum absolute atomic E-state index is 2.88. The molecule has 0 spiro atoms. The van der Waals surface area contributed by atoms with Crippen molar-refractivity contribution in [3.05, 3.63) is 93.5 Å². The molecule has 7 rings (SSSR count). The molecule has 2 fully saturated rings. The molecule has 1 nitrogen and oxygen atoms in total. The number of anilines is 1. The Morgan fingerprint density at radius 3 is 2.50 bits per heavy atom. The minimum absolute atomic E-state index is 0.115. The predicted octanol–water partition coefficient (Wildman–Crippen LogP) is 8.85. The summed E-state index contributed by atoms with van der Waals surface area (Å²) in [4.78, 5) is 5.79. The molecule has 3 heterocycles. The molecule has 2 aliphatic carbocycles. The van der Waals surface area contributed by atoms with E-state index in [1.165, 1.54) is 76.1 Å². The third-order valence-electron chi connectivity index (χ3n) is 11.7.